The van der Waals surface area contributed by atoms with Crippen molar-refractivity contribution in [3.63, 3.8) is 0 Å². The minimum Gasteiger partial charge on any atom is -0.497 e. The van der Waals surface area contributed by atoms with E-state index in [1.54, 1.807) is 0 Å². The van der Waals surface area contributed by atoms with Crippen LogP contribution in [-0.4, -0.2) is 26.9 Å². The van der Waals surface area contributed by atoms with Crippen LogP contribution in [0.2, 0.25) is 0 Å². The van der Waals surface area contributed by atoms with E-state index in [0.29, 0.717) is 0 Å². The molecule has 2 aliphatic heterocycles. The summed E-state index contributed by atoms with van der Waals surface area (Å²) in [6.45, 7) is 0. The third-order valence-corrected chi connectivity index (χ3v) is 6.97. The van der Waals surface area contributed by atoms with Gasteiger partial charge in [0.25, 0.3) is 0 Å². The summed E-state index contributed by atoms with van der Waals surface area (Å²) >= 11 is 0. The largest absolute Gasteiger partial charge is 0.497 e. The minimum absolute atomic E-state index is 0.0695. The number of aliphatic hydroxyl groups is 1. The zero-order valence-electron chi connectivity index (χ0n) is 12.7. The lowest BCUT2D eigenvalue weighted by molar-refractivity contribution is -0.137. The Kier molecular flexibility index (Phi) is 4.21. The van der Waals surface area contributed by atoms with E-state index in [1.165, 1.54) is 13.2 Å². The molecule has 2 bridgehead atoms. The number of benzene rings is 1. The molecule has 7 heteroatoms. The summed E-state index contributed by atoms with van der Waals surface area (Å²) in [5.41, 5.74) is -2.01. The van der Waals surface area contributed by atoms with Gasteiger partial charge in [0, 0.05) is 21.3 Å². The Balaban J connectivity index is 2.01. The molecule has 128 valence electrons. The summed E-state index contributed by atoms with van der Waals surface area (Å²) in [6, 6.07) is 3.38. The van der Waals surface area contributed by atoms with E-state index in [9.17, 15) is 22.5 Å². The lowest BCUT2D eigenvalue weighted by atomic mass is 9.80. The molecule has 0 amide bonds. The van der Waals surface area contributed by atoms with Crippen LogP contribution in [0.1, 0.15) is 43.2 Å². The zero-order valence-corrected chi connectivity index (χ0v) is 13.5. The van der Waals surface area contributed by atoms with Crippen molar-refractivity contribution in [3.8, 4) is 5.75 Å². The molecule has 3 rings (SSSR count). The molecule has 2 saturated heterocycles. The van der Waals surface area contributed by atoms with Crippen LogP contribution < -0.4 is 4.74 Å². The second-order valence-corrected chi connectivity index (χ2v) is 8.38. The number of hydrogen-bond donors (Lipinski definition) is 1. The topological polar surface area (TPSA) is 46.5 Å². The summed E-state index contributed by atoms with van der Waals surface area (Å²) in [4.78, 5) is 0. The number of ether oxygens (including phenoxy) is 1. The number of rotatable bonds is 2. The summed E-state index contributed by atoms with van der Waals surface area (Å²) in [5, 5.41) is 10.7. The van der Waals surface area contributed by atoms with Crippen molar-refractivity contribution < 1.29 is 27.2 Å². The molecule has 23 heavy (non-hydrogen) atoms. The molecule has 0 spiro atoms. The van der Waals surface area contributed by atoms with E-state index >= 15 is 0 Å². The van der Waals surface area contributed by atoms with Gasteiger partial charge in [0.2, 0.25) is 0 Å². The van der Waals surface area contributed by atoms with Crippen molar-refractivity contribution in [2.24, 2.45) is 0 Å². The van der Waals surface area contributed by atoms with E-state index in [2.05, 4.69) is 0 Å². The average Bonchev–Trinajstić information content (AvgIpc) is 2.47. The molecule has 1 aromatic rings. The highest BCUT2D eigenvalue weighted by Gasteiger charge is 2.47. The Labute approximate surface area is 135 Å². The van der Waals surface area contributed by atoms with Crippen LogP contribution in [0, 0.1) is 0 Å². The lowest BCUT2D eigenvalue weighted by Crippen LogP contribution is -2.47. The molecule has 0 radical (unpaired) electrons. The maximum absolute atomic E-state index is 13.1. The van der Waals surface area contributed by atoms with E-state index in [4.69, 9.17) is 4.74 Å². The molecular weight excluding hydrogens is 329 g/mol. The van der Waals surface area contributed by atoms with Crippen LogP contribution in [0.15, 0.2) is 18.2 Å². The number of methoxy groups -OCH3 is 1. The molecule has 0 aliphatic carbocycles. The number of fused-ring (bicyclic) bond motifs is 2. The molecule has 0 aromatic heterocycles. The van der Waals surface area contributed by atoms with Crippen LogP contribution in [0.25, 0.3) is 0 Å². The van der Waals surface area contributed by atoms with Gasteiger partial charge in [-0.05, 0) is 49.4 Å². The summed E-state index contributed by atoms with van der Waals surface area (Å²) in [6.07, 6.45) is -1.57. The Morgan fingerprint density at radius 1 is 1.22 bits per heavy atom. The van der Waals surface area contributed by atoms with Crippen LogP contribution in [0.5, 0.6) is 5.75 Å². The molecule has 2 atom stereocenters. The highest BCUT2D eigenvalue weighted by atomic mass is 32.2. The van der Waals surface area contributed by atoms with Gasteiger partial charge < -0.3 is 9.84 Å². The van der Waals surface area contributed by atoms with Gasteiger partial charge in [-0.15, -0.1) is 0 Å². The van der Waals surface area contributed by atoms with Crippen molar-refractivity contribution in [3.05, 3.63) is 29.3 Å². The van der Waals surface area contributed by atoms with Gasteiger partial charge in [0.05, 0.1) is 18.3 Å². The Morgan fingerprint density at radius 3 is 2.35 bits per heavy atom. The molecule has 0 saturated carbocycles. The van der Waals surface area contributed by atoms with E-state index in [0.717, 1.165) is 31.4 Å². The quantitative estimate of drug-likeness (QED) is 0.891. The molecule has 1 aromatic carbocycles. The van der Waals surface area contributed by atoms with Crippen molar-refractivity contribution in [1.29, 1.82) is 0 Å². The Bertz CT molecular complexity index is 613. The predicted octanol–water partition coefficient (Wildman–Crippen LogP) is 3.37. The average molecular weight is 348 g/mol. The van der Waals surface area contributed by atoms with Crippen LogP contribution >= 0.6 is 0 Å². The van der Waals surface area contributed by atoms with Gasteiger partial charge in [-0.3, -0.25) is 4.21 Å². The third-order valence-electron chi connectivity index (χ3n) is 4.85. The summed E-state index contributed by atoms with van der Waals surface area (Å²) < 4.78 is 56.5. The van der Waals surface area contributed by atoms with Gasteiger partial charge in [-0.1, -0.05) is 6.42 Å². The molecule has 2 unspecified atom stereocenters. The summed E-state index contributed by atoms with van der Waals surface area (Å²) in [5.74, 6) is 0.0695. The monoisotopic (exact) mass is 348 g/mol. The standard InChI is InChI=1S/C16H19F3O3S/c1-22-12-6-10(5-11(7-12)16(17,18)19)15(20)8-13-3-2-4-14(9-15)23(13)21/h5-7,13-14,20H,2-4,8-9H2,1H3. The normalized spacial score (nSPS) is 34.2. The molecule has 2 aliphatic rings. The maximum atomic E-state index is 13.1. The highest BCUT2D eigenvalue weighted by Crippen LogP contribution is 2.46. The van der Waals surface area contributed by atoms with E-state index in [1.807, 2.05) is 0 Å². The smallest absolute Gasteiger partial charge is 0.416 e. The maximum Gasteiger partial charge on any atom is 0.416 e. The van der Waals surface area contributed by atoms with Gasteiger partial charge in [-0.25, -0.2) is 0 Å². The van der Waals surface area contributed by atoms with Gasteiger partial charge in [-0.2, -0.15) is 13.2 Å². The van der Waals surface area contributed by atoms with Crippen molar-refractivity contribution >= 4 is 10.8 Å². The van der Waals surface area contributed by atoms with Crippen molar-refractivity contribution in [2.45, 2.75) is 54.4 Å². The highest BCUT2D eigenvalue weighted by molar-refractivity contribution is 7.86. The zero-order chi connectivity index (χ0) is 16.8. The number of hydrogen-bond acceptors (Lipinski definition) is 3. The second kappa shape index (κ2) is 5.77. The fraction of sp³-hybridized carbons (Fsp3) is 0.625. The van der Waals surface area contributed by atoms with Crippen LogP contribution in [0.4, 0.5) is 13.2 Å². The molecule has 2 fully saturated rings. The van der Waals surface area contributed by atoms with E-state index in [-0.39, 0.29) is 34.7 Å². The van der Waals surface area contributed by atoms with Gasteiger partial charge in [0.15, 0.2) is 0 Å². The first-order valence-electron chi connectivity index (χ1n) is 7.61. The fourth-order valence-electron chi connectivity index (χ4n) is 3.67. The predicted molar refractivity (Wildman–Crippen MR) is 80.7 cm³/mol. The van der Waals surface area contributed by atoms with Gasteiger partial charge >= 0.3 is 6.18 Å². The molecule has 3 nitrogen and oxygen atoms in total. The molecular formula is C16H19F3O3S. The molecule has 2 heterocycles. The first-order valence-corrected chi connectivity index (χ1v) is 8.89. The SMILES string of the molecule is COc1cc(C(F)(F)F)cc(C2(O)CC3CCCC(C2)S3=O)c1. The Morgan fingerprint density at radius 2 is 1.83 bits per heavy atom. The van der Waals surface area contributed by atoms with Crippen LogP contribution in [-0.2, 0) is 22.6 Å². The number of halogens is 3. The Hall–Kier alpha value is -1.08. The summed E-state index contributed by atoms with van der Waals surface area (Å²) in [7, 11) is 0.300. The van der Waals surface area contributed by atoms with Gasteiger partial charge in [0.1, 0.15) is 5.75 Å². The second-order valence-electron chi connectivity index (χ2n) is 6.39. The van der Waals surface area contributed by atoms with Crippen LogP contribution in [0.3, 0.4) is 0 Å². The third kappa shape index (κ3) is 3.13. The lowest BCUT2D eigenvalue weighted by Gasteiger charge is -2.44. The number of alkyl halides is 3. The first-order chi connectivity index (χ1) is 10.7. The van der Waals surface area contributed by atoms with Crippen molar-refractivity contribution in [1.82, 2.24) is 0 Å². The fourth-order valence-corrected chi connectivity index (χ4v) is 5.89. The van der Waals surface area contributed by atoms with Crippen molar-refractivity contribution in [2.75, 3.05) is 7.11 Å². The first kappa shape index (κ1) is 16.8. The minimum atomic E-state index is -4.51. The van der Waals surface area contributed by atoms with E-state index < -0.39 is 28.1 Å². The molecule has 1 N–H and O–H groups in total.